The highest BCUT2D eigenvalue weighted by atomic mass is 19.2. The number of aromatic nitrogens is 1. The third-order valence-corrected chi connectivity index (χ3v) is 2.25. The Morgan fingerprint density at radius 2 is 2.06 bits per heavy atom. The molecule has 84 valence electrons. The lowest BCUT2D eigenvalue weighted by Crippen LogP contribution is -1.98. The summed E-state index contributed by atoms with van der Waals surface area (Å²) in [6.45, 7) is 0. The summed E-state index contributed by atoms with van der Waals surface area (Å²) in [6, 6.07) is 6.99. The van der Waals surface area contributed by atoms with Crippen LogP contribution in [0.5, 0.6) is 0 Å². The van der Waals surface area contributed by atoms with Crippen LogP contribution >= 0.6 is 0 Å². The number of halogens is 2. The fourth-order valence-corrected chi connectivity index (χ4v) is 1.45. The molecule has 0 saturated heterocycles. The van der Waals surface area contributed by atoms with Crippen LogP contribution in [0, 0.1) is 23.0 Å². The highest BCUT2D eigenvalue weighted by Gasteiger charge is 2.13. The van der Waals surface area contributed by atoms with E-state index in [2.05, 4.69) is 4.98 Å². The molecular formula is C12H7F2N3. The maximum Gasteiger partial charge on any atom is 0.168 e. The molecule has 0 aliphatic rings. The van der Waals surface area contributed by atoms with Gasteiger partial charge in [0.05, 0.1) is 16.9 Å². The highest BCUT2D eigenvalue weighted by Crippen LogP contribution is 2.27. The van der Waals surface area contributed by atoms with Crippen molar-refractivity contribution in [1.82, 2.24) is 4.98 Å². The molecule has 0 saturated carbocycles. The van der Waals surface area contributed by atoms with Crippen molar-refractivity contribution in [2.24, 2.45) is 0 Å². The molecule has 0 bridgehead atoms. The van der Waals surface area contributed by atoms with Gasteiger partial charge in [0.2, 0.25) is 0 Å². The number of nitrogens with zero attached hydrogens (tertiary/aromatic N) is 2. The van der Waals surface area contributed by atoms with Crippen LogP contribution in [0.1, 0.15) is 5.56 Å². The van der Waals surface area contributed by atoms with Gasteiger partial charge in [-0.2, -0.15) is 5.26 Å². The van der Waals surface area contributed by atoms with Gasteiger partial charge in [-0.05, 0) is 18.2 Å². The van der Waals surface area contributed by atoms with E-state index in [1.165, 1.54) is 24.4 Å². The number of rotatable bonds is 1. The Morgan fingerprint density at radius 1 is 1.29 bits per heavy atom. The first kappa shape index (κ1) is 11.0. The monoisotopic (exact) mass is 231 g/mol. The number of pyridine rings is 1. The predicted octanol–water partition coefficient (Wildman–Crippen LogP) is 2.48. The SMILES string of the molecule is N#Cc1cnc(-c2cccc(F)c2F)c(N)c1. The van der Waals surface area contributed by atoms with Gasteiger partial charge >= 0.3 is 0 Å². The normalized spacial score (nSPS) is 9.94. The molecule has 5 heteroatoms. The van der Waals surface area contributed by atoms with Gasteiger partial charge in [-0.3, -0.25) is 4.98 Å². The molecule has 0 fully saturated rings. The number of nitrogens with two attached hydrogens (primary N) is 1. The summed E-state index contributed by atoms with van der Waals surface area (Å²) in [5, 5.41) is 8.64. The molecule has 1 aromatic heterocycles. The van der Waals surface area contributed by atoms with Crippen LogP contribution in [-0.2, 0) is 0 Å². The van der Waals surface area contributed by atoms with Gasteiger partial charge in [-0.1, -0.05) is 6.07 Å². The molecule has 0 radical (unpaired) electrons. The lowest BCUT2D eigenvalue weighted by atomic mass is 10.1. The number of nitrogen functional groups attached to an aromatic ring is 1. The van der Waals surface area contributed by atoms with E-state index in [0.717, 1.165) is 6.07 Å². The van der Waals surface area contributed by atoms with E-state index in [4.69, 9.17) is 11.0 Å². The quantitative estimate of drug-likeness (QED) is 0.820. The molecule has 17 heavy (non-hydrogen) atoms. The van der Waals surface area contributed by atoms with Crippen molar-refractivity contribution >= 4 is 5.69 Å². The molecular weight excluding hydrogens is 224 g/mol. The highest BCUT2D eigenvalue weighted by molar-refractivity contribution is 5.73. The summed E-state index contributed by atoms with van der Waals surface area (Å²) in [6.07, 6.45) is 1.26. The summed E-state index contributed by atoms with van der Waals surface area (Å²) in [7, 11) is 0. The maximum absolute atomic E-state index is 13.5. The van der Waals surface area contributed by atoms with Gasteiger partial charge in [0.15, 0.2) is 11.6 Å². The lowest BCUT2D eigenvalue weighted by Gasteiger charge is -2.06. The zero-order valence-corrected chi connectivity index (χ0v) is 8.61. The van der Waals surface area contributed by atoms with Gasteiger partial charge in [-0.25, -0.2) is 8.78 Å². The van der Waals surface area contributed by atoms with Crippen molar-refractivity contribution in [1.29, 1.82) is 5.26 Å². The van der Waals surface area contributed by atoms with Crippen LogP contribution in [0.2, 0.25) is 0 Å². The molecule has 1 aromatic carbocycles. The molecule has 0 aliphatic carbocycles. The second-order valence-electron chi connectivity index (χ2n) is 3.38. The van der Waals surface area contributed by atoms with Crippen LogP contribution in [0.15, 0.2) is 30.5 Å². The smallest absolute Gasteiger partial charge is 0.168 e. The summed E-state index contributed by atoms with van der Waals surface area (Å²) < 4.78 is 26.6. The van der Waals surface area contributed by atoms with Crippen molar-refractivity contribution in [2.45, 2.75) is 0 Å². The van der Waals surface area contributed by atoms with Gasteiger partial charge in [0.1, 0.15) is 6.07 Å². The van der Waals surface area contributed by atoms with E-state index >= 15 is 0 Å². The third kappa shape index (κ3) is 1.93. The first-order valence-corrected chi connectivity index (χ1v) is 4.73. The molecule has 2 rings (SSSR count). The zero-order valence-electron chi connectivity index (χ0n) is 8.61. The minimum Gasteiger partial charge on any atom is -0.397 e. The Balaban J connectivity index is 2.62. The molecule has 0 spiro atoms. The van der Waals surface area contributed by atoms with E-state index < -0.39 is 11.6 Å². The first-order chi connectivity index (χ1) is 8.13. The molecule has 0 aliphatic heterocycles. The lowest BCUT2D eigenvalue weighted by molar-refractivity contribution is 0.511. The topological polar surface area (TPSA) is 62.7 Å². The van der Waals surface area contributed by atoms with Gasteiger partial charge in [0, 0.05) is 11.8 Å². The van der Waals surface area contributed by atoms with Crippen molar-refractivity contribution < 1.29 is 8.78 Å². The van der Waals surface area contributed by atoms with Crippen LogP contribution in [0.25, 0.3) is 11.3 Å². The largest absolute Gasteiger partial charge is 0.397 e. The molecule has 2 aromatic rings. The maximum atomic E-state index is 13.5. The van der Waals surface area contributed by atoms with Gasteiger partial charge in [-0.15, -0.1) is 0 Å². The van der Waals surface area contributed by atoms with Gasteiger partial charge in [0.25, 0.3) is 0 Å². The van der Waals surface area contributed by atoms with Crippen LogP contribution in [-0.4, -0.2) is 4.98 Å². The molecule has 0 unspecified atom stereocenters. The summed E-state index contributed by atoms with van der Waals surface area (Å²) >= 11 is 0. The number of hydrogen-bond acceptors (Lipinski definition) is 3. The van der Waals surface area contributed by atoms with Crippen LogP contribution < -0.4 is 5.73 Å². The van der Waals surface area contributed by atoms with E-state index in [1.807, 2.05) is 6.07 Å². The second kappa shape index (κ2) is 4.18. The fourth-order valence-electron chi connectivity index (χ4n) is 1.45. The van der Waals surface area contributed by atoms with E-state index in [1.54, 1.807) is 0 Å². The molecule has 3 nitrogen and oxygen atoms in total. The number of nitriles is 1. The summed E-state index contributed by atoms with van der Waals surface area (Å²) in [5.41, 5.74) is 6.15. The Bertz CT molecular complexity index is 618. The van der Waals surface area contributed by atoms with E-state index in [9.17, 15) is 8.78 Å². The first-order valence-electron chi connectivity index (χ1n) is 4.73. The van der Waals surface area contributed by atoms with Crippen LogP contribution in [0.3, 0.4) is 0 Å². The minimum atomic E-state index is -1.00. The van der Waals surface area contributed by atoms with E-state index in [0.29, 0.717) is 0 Å². The number of anilines is 1. The predicted molar refractivity (Wildman–Crippen MR) is 58.7 cm³/mol. The Labute approximate surface area is 96.1 Å². The van der Waals surface area contributed by atoms with E-state index in [-0.39, 0.29) is 22.5 Å². The summed E-state index contributed by atoms with van der Waals surface area (Å²) in [5.74, 6) is -1.97. The number of hydrogen-bond donors (Lipinski definition) is 1. The molecule has 0 amide bonds. The van der Waals surface area contributed by atoms with Crippen molar-refractivity contribution in [3.05, 3.63) is 47.7 Å². The van der Waals surface area contributed by atoms with Crippen molar-refractivity contribution in [2.75, 3.05) is 5.73 Å². The molecule has 0 atom stereocenters. The number of benzene rings is 1. The molecule has 2 N–H and O–H groups in total. The fraction of sp³-hybridized carbons (Fsp3) is 0. The third-order valence-electron chi connectivity index (χ3n) is 2.25. The van der Waals surface area contributed by atoms with Gasteiger partial charge < -0.3 is 5.73 Å². The second-order valence-corrected chi connectivity index (χ2v) is 3.38. The van der Waals surface area contributed by atoms with Crippen molar-refractivity contribution in [3.8, 4) is 17.3 Å². The molecule has 1 heterocycles. The zero-order chi connectivity index (χ0) is 12.4. The minimum absolute atomic E-state index is 0.0213. The standard InChI is InChI=1S/C12H7F2N3/c13-9-3-1-2-8(11(9)14)12-10(16)4-7(5-15)6-17-12/h1-4,6H,16H2. The Morgan fingerprint density at radius 3 is 2.71 bits per heavy atom. The van der Waals surface area contributed by atoms with Crippen LogP contribution in [0.4, 0.5) is 14.5 Å². The Hall–Kier alpha value is -2.48. The average molecular weight is 231 g/mol. The summed E-state index contributed by atoms with van der Waals surface area (Å²) in [4.78, 5) is 3.87. The van der Waals surface area contributed by atoms with Crippen molar-refractivity contribution in [3.63, 3.8) is 0 Å². The Kier molecular flexibility index (Phi) is 2.71. The average Bonchev–Trinajstić information content (AvgIpc) is 2.33.